The van der Waals surface area contributed by atoms with Crippen LogP contribution < -0.4 is 16.4 Å². The highest BCUT2D eigenvalue weighted by Gasteiger charge is 2.22. The first kappa shape index (κ1) is 21.6. The molecule has 3 aromatic rings. The maximum atomic E-state index is 15.0. The molecule has 2 N–H and O–H groups in total. The number of aryl methyl sites for hydroxylation is 1. The minimum absolute atomic E-state index is 0.0579. The largest absolute Gasteiger partial charge is 0.350 e. The number of amides is 1. The smallest absolute Gasteiger partial charge is 0.289 e. The van der Waals surface area contributed by atoms with Crippen LogP contribution in [-0.4, -0.2) is 22.6 Å². The second kappa shape index (κ2) is 9.14. The molecule has 0 bridgehead atoms. The molecule has 7 nitrogen and oxygen atoms in total. The highest BCUT2D eigenvalue weighted by atomic mass is 79.9. The molecule has 0 aliphatic carbocycles. The van der Waals surface area contributed by atoms with Crippen molar-refractivity contribution in [1.29, 1.82) is 0 Å². The van der Waals surface area contributed by atoms with E-state index in [0.29, 0.717) is 10.2 Å². The molecule has 2 aromatic heterocycles. The second-order valence-corrected chi connectivity index (χ2v) is 7.24. The fraction of sp³-hybridized carbons (Fsp3) is 0.150. The molecule has 30 heavy (non-hydrogen) atoms. The zero-order chi connectivity index (χ0) is 21.8. The number of nitrogens with one attached hydrogen (secondary N) is 2. The fourth-order valence-corrected chi connectivity index (χ4v) is 3.11. The van der Waals surface area contributed by atoms with Gasteiger partial charge in [0.25, 0.3) is 11.5 Å². The van der Waals surface area contributed by atoms with Gasteiger partial charge in [-0.2, -0.15) is 4.39 Å². The van der Waals surface area contributed by atoms with Gasteiger partial charge in [-0.25, -0.2) is 9.87 Å². The van der Waals surface area contributed by atoms with Crippen molar-refractivity contribution in [3.05, 3.63) is 86.0 Å². The van der Waals surface area contributed by atoms with Gasteiger partial charge in [-0.3, -0.25) is 19.4 Å². The molecule has 0 saturated heterocycles. The molecule has 1 aromatic carbocycles. The van der Waals surface area contributed by atoms with E-state index in [0.717, 1.165) is 10.3 Å². The van der Waals surface area contributed by atoms with Gasteiger partial charge < -0.3 is 9.88 Å². The van der Waals surface area contributed by atoms with E-state index in [1.54, 1.807) is 25.1 Å². The summed E-state index contributed by atoms with van der Waals surface area (Å²) in [4.78, 5) is 33.9. The summed E-state index contributed by atoms with van der Waals surface area (Å²) in [6, 6.07) is 9.26. The van der Waals surface area contributed by atoms with Crippen molar-refractivity contribution in [3.8, 4) is 0 Å². The van der Waals surface area contributed by atoms with Crippen molar-refractivity contribution < 1.29 is 18.4 Å². The molecule has 0 radical (unpaired) electrons. The normalized spacial score (nSPS) is 10.7. The Balaban J connectivity index is 2.10. The van der Waals surface area contributed by atoms with E-state index in [4.69, 9.17) is 0 Å². The van der Waals surface area contributed by atoms with Crippen molar-refractivity contribution in [2.24, 2.45) is 0 Å². The lowest BCUT2D eigenvalue weighted by Crippen LogP contribution is -2.30. The van der Waals surface area contributed by atoms with Crippen LogP contribution in [0, 0.1) is 18.6 Å². The number of nitrogens with zero attached hydrogens (tertiary/aromatic N) is 2. The summed E-state index contributed by atoms with van der Waals surface area (Å²) in [7, 11) is 1.21. The maximum absolute atomic E-state index is 15.0. The molecule has 0 saturated carbocycles. The molecular weight excluding hydrogens is 462 g/mol. The molecule has 10 heteroatoms. The third kappa shape index (κ3) is 4.71. The first-order valence-corrected chi connectivity index (χ1v) is 9.50. The quantitative estimate of drug-likeness (QED) is 0.528. The molecule has 0 spiro atoms. The first-order valence-electron chi connectivity index (χ1n) is 8.71. The molecule has 0 aliphatic heterocycles. The number of rotatable bonds is 6. The van der Waals surface area contributed by atoms with Crippen LogP contribution in [-0.2, 0) is 11.4 Å². The zero-order valence-corrected chi connectivity index (χ0v) is 17.6. The second-order valence-electron chi connectivity index (χ2n) is 6.32. The molecule has 2 heterocycles. The van der Waals surface area contributed by atoms with Crippen molar-refractivity contribution in [3.63, 3.8) is 0 Å². The van der Waals surface area contributed by atoms with Crippen molar-refractivity contribution >= 4 is 33.2 Å². The highest BCUT2D eigenvalue weighted by Crippen LogP contribution is 2.26. The number of carbonyl (C=O) groups is 1. The Bertz CT molecular complexity index is 1170. The van der Waals surface area contributed by atoms with E-state index < -0.39 is 28.8 Å². The summed E-state index contributed by atoms with van der Waals surface area (Å²) in [6.07, 6.45) is 1.17. The Hall–Kier alpha value is -3.11. The molecule has 156 valence electrons. The standard InChI is InChI=1S/C20H17BrF2N4O3/c1-11-4-3-5-13(24-11)9-27-10-14(19(28)26-30-2)18(17(23)20(27)29)25-16-7-6-12(21)8-15(16)22/h3-8,10,25H,9H2,1-2H3,(H,26,28). The Morgan fingerprint density at radius 2 is 2.03 bits per heavy atom. The molecule has 3 rings (SSSR count). The molecule has 0 aliphatic rings. The predicted molar refractivity (Wildman–Crippen MR) is 111 cm³/mol. The van der Waals surface area contributed by atoms with Gasteiger partial charge in [0.1, 0.15) is 5.82 Å². The number of hydroxylamine groups is 1. The van der Waals surface area contributed by atoms with Crippen LogP contribution in [0.15, 0.2) is 51.9 Å². The minimum Gasteiger partial charge on any atom is -0.350 e. The van der Waals surface area contributed by atoms with E-state index >= 15 is 4.39 Å². The number of carbonyl (C=O) groups excluding carboxylic acids is 1. The Morgan fingerprint density at radius 1 is 1.27 bits per heavy atom. The lowest BCUT2D eigenvalue weighted by Gasteiger charge is -2.16. The molecule has 0 unspecified atom stereocenters. The van der Waals surface area contributed by atoms with E-state index in [2.05, 4.69) is 36.5 Å². The SMILES string of the molecule is CONC(=O)c1cn(Cc2cccc(C)n2)c(=O)c(F)c1Nc1ccc(Br)cc1F. The number of anilines is 2. The van der Waals surface area contributed by atoms with Gasteiger partial charge in [-0.05, 0) is 37.3 Å². The van der Waals surface area contributed by atoms with Gasteiger partial charge in [0.15, 0.2) is 0 Å². The van der Waals surface area contributed by atoms with Gasteiger partial charge in [0.2, 0.25) is 5.82 Å². The Labute approximate surface area is 178 Å². The van der Waals surface area contributed by atoms with Gasteiger partial charge in [-0.15, -0.1) is 0 Å². The van der Waals surface area contributed by atoms with Crippen LogP contribution in [0.25, 0.3) is 0 Å². The van der Waals surface area contributed by atoms with E-state index in [9.17, 15) is 14.0 Å². The van der Waals surface area contributed by atoms with Crippen LogP contribution in [0.1, 0.15) is 21.7 Å². The number of aromatic nitrogens is 2. The summed E-state index contributed by atoms with van der Waals surface area (Å²) in [6.45, 7) is 1.72. The van der Waals surface area contributed by atoms with Crippen LogP contribution >= 0.6 is 15.9 Å². The topological polar surface area (TPSA) is 85.2 Å². The average molecular weight is 479 g/mol. The lowest BCUT2D eigenvalue weighted by atomic mass is 10.2. The number of hydrogen-bond donors (Lipinski definition) is 2. The first-order chi connectivity index (χ1) is 14.3. The molecule has 1 amide bonds. The summed E-state index contributed by atoms with van der Waals surface area (Å²) in [5.74, 6) is -2.76. The van der Waals surface area contributed by atoms with E-state index in [1.165, 1.54) is 31.5 Å². The van der Waals surface area contributed by atoms with Crippen LogP contribution in [0.5, 0.6) is 0 Å². The highest BCUT2D eigenvalue weighted by molar-refractivity contribution is 9.10. The van der Waals surface area contributed by atoms with Crippen LogP contribution in [0.3, 0.4) is 0 Å². The lowest BCUT2D eigenvalue weighted by molar-refractivity contribution is 0.0537. The van der Waals surface area contributed by atoms with E-state index in [1.807, 2.05) is 0 Å². The number of halogens is 3. The summed E-state index contributed by atoms with van der Waals surface area (Å²) < 4.78 is 30.8. The summed E-state index contributed by atoms with van der Waals surface area (Å²) in [5, 5.41) is 2.50. The van der Waals surface area contributed by atoms with E-state index in [-0.39, 0.29) is 17.8 Å². The molecular formula is C20H17BrF2N4O3. The monoisotopic (exact) mass is 478 g/mol. The van der Waals surface area contributed by atoms with Gasteiger partial charge in [0.05, 0.1) is 36.3 Å². The maximum Gasteiger partial charge on any atom is 0.289 e. The third-order valence-corrected chi connectivity index (χ3v) is 4.62. The van der Waals surface area contributed by atoms with Gasteiger partial charge >= 0.3 is 0 Å². The van der Waals surface area contributed by atoms with Crippen LogP contribution in [0.2, 0.25) is 0 Å². The van der Waals surface area contributed by atoms with Crippen molar-refractivity contribution in [2.45, 2.75) is 13.5 Å². The number of pyridine rings is 2. The third-order valence-electron chi connectivity index (χ3n) is 4.13. The average Bonchev–Trinajstić information content (AvgIpc) is 2.69. The minimum atomic E-state index is -1.24. The summed E-state index contributed by atoms with van der Waals surface area (Å²) >= 11 is 3.13. The van der Waals surface area contributed by atoms with Crippen LogP contribution in [0.4, 0.5) is 20.2 Å². The number of benzene rings is 1. The molecule has 0 fully saturated rings. The summed E-state index contributed by atoms with van der Waals surface area (Å²) in [5.41, 5.74) is 1.50. The molecule has 0 atom stereocenters. The fourth-order valence-electron chi connectivity index (χ4n) is 2.78. The van der Waals surface area contributed by atoms with Crippen molar-refractivity contribution in [2.75, 3.05) is 12.4 Å². The van der Waals surface area contributed by atoms with Gasteiger partial charge in [0, 0.05) is 16.4 Å². The number of hydrogen-bond acceptors (Lipinski definition) is 5. The Morgan fingerprint density at radius 3 is 2.70 bits per heavy atom. The van der Waals surface area contributed by atoms with Gasteiger partial charge in [-0.1, -0.05) is 22.0 Å². The zero-order valence-electron chi connectivity index (χ0n) is 16.0. The van der Waals surface area contributed by atoms with Crippen molar-refractivity contribution in [1.82, 2.24) is 15.0 Å². The Kier molecular flexibility index (Phi) is 6.58. The predicted octanol–water partition coefficient (Wildman–Crippen LogP) is 3.68.